The van der Waals surface area contributed by atoms with E-state index in [0.717, 1.165) is 73.1 Å². The molecule has 0 unspecified atom stereocenters. The summed E-state index contributed by atoms with van der Waals surface area (Å²) < 4.78 is 26.1. The maximum Gasteiger partial charge on any atom is 0.303 e. The molecule has 42 heavy (non-hydrogen) atoms. The van der Waals surface area contributed by atoms with Crippen LogP contribution in [-0.4, -0.2) is 84.4 Å². The molecule has 0 bridgehead atoms. The monoisotopic (exact) mass is 603 g/mol. The minimum absolute atomic E-state index is 0.180. The average molecular weight is 604 g/mol. The van der Waals surface area contributed by atoms with E-state index < -0.39 is 66.8 Å². The molecule has 0 aromatic rings. The number of carboxylic acid groups (broad SMARTS) is 1. The fourth-order valence-corrected chi connectivity index (χ4v) is 4.06. The van der Waals surface area contributed by atoms with Crippen LogP contribution < -0.4 is 5.32 Å². The Morgan fingerprint density at radius 2 is 0.952 bits per heavy atom. The first kappa shape index (κ1) is 38.3. The van der Waals surface area contributed by atoms with E-state index in [1.54, 1.807) is 0 Å². The Hall–Kier alpha value is -3.71. The molecule has 0 saturated carbocycles. The summed E-state index contributed by atoms with van der Waals surface area (Å²) in [6.07, 6.45) is 1.22. The van der Waals surface area contributed by atoms with Gasteiger partial charge < -0.3 is 34.1 Å². The summed E-state index contributed by atoms with van der Waals surface area (Å²) >= 11 is 0. The van der Waals surface area contributed by atoms with Crippen LogP contribution in [0.4, 0.5) is 0 Å². The van der Waals surface area contributed by atoms with Crippen molar-refractivity contribution < 1.29 is 62.4 Å². The zero-order chi connectivity index (χ0) is 32.1. The molecule has 0 aliphatic heterocycles. The van der Waals surface area contributed by atoms with E-state index in [0.29, 0.717) is 12.8 Å². The van der Waals surface area contributed by atoms with Gasteiger partial charge in [0.05, 0.1) is 6.54 Å². The maximum absolute atomic E-state index is 12.5. The third-order valence-electron chi connectivity index (χ3n) is 5.79. The molecule has 0 aliphatic carbocycles. The molecule has 0 rings (SSSR count). The quantitative estimate of drug-likeness (QED) is 0.104. The van der Waals surface area contributed by atoms with Crippen molar-refractivity contribution in [3.8, 4) is 0 Å². The first-order valence-electron chi connectivity index (χ1n) is 14.0. The summed E-state index contributed by atoms with van der Waals surface area (Å²) in [5.41, 5.74) is 0. The van der Waals surface area contributed by atoms with Crippen LogP contribution in [0.3, 0.4) is 0 Å². The first-order chi connectivity index (χ1) is 19.7. The highest BCUT2D eigenvalue weighted by Gasteiger charge is 2.44. The van der Waals surface area contributed by atoms with Crippen molar-refractivity contribution in [2.75, 3.05) is 13.2 Å². The number of unbranched alkanes of at least 4 members (excludes halogenated alkanes) is 7. The van der Waals surface area contributed by atoms with Crippen LogP contribution in [0.5, 0.6) is 0 Å². The highest BCUT2D eigenvalue weighted by atomic mass is 16.6. The van der Waals surface area contributed by atoms with Crippen LogP contribution in [0.15, 0.2) is 0 Å². The van der Waals surface area contributed by atoms with E-state index in [2.05, 4.69) is 5.32 Å². The Morgan fingerprint density at radius 1 is 0.548 bits per heavy atom. The summed E-state index contributed by atoms with van der Waals surface area (Å²) in [5.74, 6) is -5.19. The molecule has 0 fully saturated rings. The van der Waals surface area contributed by atoms with E-state index in [1.165, 1.54) is 0 Å². The number of hydrogen-bond donors (Lipinski definition) is 2. The van der Waals surface area contributed by atoms with Gasteiger partial charge in [-0.05, 0) is 12.8 Å². The number of amides is 1. The lowest BCUT2D eigenvalue weighted by Crippen LogP contribution is -2.55. The zero-order valence-corrected chi connectivity index (χ0v) is 25.1. The molecule has 0 spiro atoms. The van der Waals surface area contributed by atoms with Crippen LogP contribution in [0.1, 0.15) is 98.8 Å². The lowest BCUT2D eigenvalue weighted by molar-refractivity contribution is -0.202. The normalized spacial score (nSPS) is 13.5. The fourth-order valence-electron chi connectivity index (χ4n) is 4.06. The van der Waals surface area contributed by atoms with Crippen molar-refractivity contribution in [2.24, 2.45) is 0 Å². The molecular formula is C28H45NO13. The van der Waals surface area contributed by atoms with E-state index >= 15 is 0 Å². The van der Waals surface area contributed by atoms with Crippen molar-refractivity contribution in [1.82, 2.24) is 5.32 Å². The lowest BCUT2D eigenvalue weighted by Gasteiger charge is -2.35. The van der Waals surface area contributed by atoms with Crippen LogP contribution in [0.25, 0.3) is 0 Å². The third kappa shape index (κ3) is 20.2. The van der Waals surface area contributed by atoms with Crippen molar-refractivity contribution in [3.63, 3.8) is 0 Å². The summed E-state index contributed by atoms with van der Waals surface area (Å²) in [4.78, 5) is 82.1. The van der Waals surface area contributed by atoms with Gasteiger partial charge in [0.15, 0.2) is 24.4 Å². The lowest BCUT2D eigenvalue weighted by atomic mass is 10.0. The number of nitrogens with one attached hydrogen (secondary N) is 1. The van der Waals surface area contributed by atoms with Gasteiger partial charge >= 0.3 is 35.8 Å². The number of aliphatic carboxylic acids is 1. The summed E-state index contributed by atoms with van der Waals surface area (Å²) in [7, 11) is 0. The summed E-state index contributed by atoms with van der Waals surface area (Å²) in [6, 6.07) is 0. The largest absolute Gasteiger partial charge is 0.481 e. The van der Waals surface area contributed by atoms with Gasteiger partial charge in [0.1, 0.15) is 6.61 Å². The molecule has 4 atom stereocenters. The van der Waals surface area contributed by atoms with E-state index in [4.69, 9.17) is 28.8 Å². The Labute approximate surface area is 246 Å². The zero-order valence-electron chi connectivity index (χ0n) is 25.1. The van der Waals surface area contributed by atoms with Crippen molar-refractivity contribution in [3.05, 3.63) is 0 Å². The third-order valence-corrected chi connectivity index (χ3v) is 5.79. The molecule has 1 amide bonds. The standard InChI is InChI=1S/C28H45NO13/c1-18(30)38-17-24(40-20(3)32)28(42-22(5)34)27(41-21(4)33)23(39-19(2)31)16-29-25(35)14-12-10-8-6-7-9-11-13-15-26(36)37/h23-24,27-28H,6-17H2,1-5H3,(H,29,35)(H,36,37)/t23-,24+,27+,28+/m0/s1. The van der Waals surface area contributed by atoms with Gasteiger partial charge in [0, 0.05) is 47.5 Å². The Kier molecular flexibility index (Phi) is 20.0. The second-order valence-corrected chi connectivity index (χ2v) is 9.77. The van der Waals surface area contributed by atoms with Crippen LogP contribution in [0, 0.1) is 0 Å². The molecule has 0 aromatic carbocycles. The van der Waals surface area contributed by atoms with E-state index in [1.807, 2.05) is 0 Å². The molecule has 0 saturated heterocycles. The SMILES string of the molecule is CC(=O)OC[C@@H](OC(C)=O)[C@@H](OC(C)=O)[C@H](OC(C)=O)[C@H](CNC(=O)CCCCCCCCCCC(=O)O)OC(C)=O. The number of carbonyl (C=O) groups excluding carboxylic acids is 6. The van der Waals surface area contributed by atoms with Gasteiger partial charge in [-0.2, -0.15) is 0 Å². The Bertz CT molecular complexity index is 904. The van der Waals surface area contributed by atoms with Gasteiger partial charge in [-0.1, -0.05) is 38.5 Å². The highest BCUT2D eigenvalue weighted by molar-refractivity contribution is 5.76. The summed E-state index contributed by atoms with van der Waals surface area (Å²) in [5, 5.41) is 11.3. The van der Waals surface area contributed by atoms with Crippen molar-refractivity contribution in [1.29, 1.82) is 0 Å². The number of ether oxygens (including phenoxy) is 5. The van der Waals surface area contributed by atoms with Gasteiger partial charge in [-0.25, -0.2) is 0 Å². The number of carboxylic acids is 1. The van der Waals surface area contributed by atoms with Crippen LogP contribution in [0.2, 0.25) is 0 Å². The van der Waals surface area contributed by atoms with Gasteiger partial charge in [0.25, 0.3) is 0 Å². The Morgan fingerprint density at radius 3 is 1.38 bits per heavy atom. The van der Waals surface area contributed by atoms with E-state index in [-0.39, 0.29) is 25.3 Å². The Balaban J connectivity index is 5.34. The molecule has 14 heteroatoms. The average Bonchev–Trinajstić information content (AvgIpc) is 2.86. The second kappa shape index (κ2) is 22.0. The molecule has 0 aromatic heterocycles. The molecule has 14 nitrogen and oxygen atoms in total. The van der Waals surface area contributed by atoms with E-state index in [9.17, 15) is 33.6 Å². The topological polar surface area (TPSA) is 198 Å². The summed E-state index contributed by atoms with van der Waals surface area (Å²) in [6.45, 7) is 4.49. The van der Waals surface area contributed by atoms with Gasteiger partial charge in [-0.15, -0.1) is 0 Å². The molecule has 0 heterocycles. The predicted octanol–water partition coefficient (Wildman–Crippen LogP) is 2.38. The highest BCUT2D eigenvalue weighted by Crippen LogP contribution is 2.20. The number of rotatable bonds is 22. The number of carbonyl (C=O) groups is 7. The second-order valence-electron chi connectivity index (χ2n) is 9.77. The molecule has 2 N–H and O–H groups in total. The van der Waals surface area contributed by atoms with Crippen LogP contribution in [-0.2, 0) is 57.2 Å². The number of esters is 5. The van der Waals surface area contributed by atoms with Crippen molar-refractivity contribution in [2.45, 2.75) is 123 Å². The number of hydrogen-bond acceptors (Lipinski definition) is 12. The smallest absolute Gasteiger partial charge is 0.303 e. The maximum atomic E-state index is 12.5. The molecule has 0 aliphatic rings. The molecule has 0 radical (unpaired) electrons. The predicted molar refractivity (Wildman–Crippen MR) is 146 cm³/mol. The minimum atomic E-state index is -1.57. The minimum Gasteiger partial charge on any atom is -0.481 e. The van der Waals surface area contributed by atoms with Crippen molar-refractivity contribution >= 4 is 41.7 Å². The van der Waals surface area contributed by atoms with Gasteiger partial charge in [-0.3, -0.25) is 33.6 Å². The molecule has 240 valence electrons. The fraction of sp³-hybridized carbons (Fsp3) is 0.750. The van der Waals surface area contributed by atoms with Gasteiger partial charge in [0.2, 0.25) is 5.91 Å². The van der Waals surface area contributed by atoms with Crippen LogP contribution >= 0.6 is 0 Å². The first-order valence-corrected chi connectivity index (χ1v) is 14.0. The molecular weight excluding hydrogens is 558 g/mol.